The highest BCUT2D eigenvalue weighted by atomic mass is 32.2. The second-order valence-electron chi connectivity index (χ2n) is 5.41. The molecular formula is C13H25NOS. The fraction of sp³-hybridized carbons (Fsp3) is 1.00. The summed E-state index contributed by atoms with van der Waals surface area (Å²) in [6, 6.07) is 0.833. The lowest BCUT2D eigenvalue weighted by Gasteiger charge is -2.37. The summed E-state index contributed by atoms with van der Waals surface area (Å²) < 4.78 is 5.72. The van der Waals surface area contributed by atoms with Crippen LogP contribution in [0.25, 0.3) is 0 Å². The van der Waals surface area contributed by atoms with E-state index in [-0.39, 0.29) is 0 Å². The maximum atomic E-state index is 5.72. The average molecular weight is 243 g/mol. The molecule has 0 bridgehead atoms. The van der Waals surface area contributed by atoms with Gasteiger partial charge in [-0.1, -0.05) is 0 Å². The molecule has 0 aromatic carbocycles. The SMILES string of the molecule is CSCCCC1(CNC2CC2)CCCOC1. The molecule has 2 rings (SSSR count). The van der Waals surface area contributed by atoms with Crippen LogP contribution in [0.15, 0.2) is 0 Å². The smallest absolute Gasteiger partial charge is 0.0534 e. The van der Waals surface area contributed by atoms with E-state index in [0.29, 0.717) is 5.41 Å². The maximum Gasteiger partial charge on any atom is 0.0534 e. The van der Waals surface area contributed by atoms with Crippen LogP contribution >= 0.6 is 11.8 Å². The van der Waals surface area contributed by atoms with E-state index in [4.69, 9.17) is 4.74 Å². The first kappa shape index (κ1) is 12.7. The molecule has 1 saturated carbocycles. The Labute approximate surface area is 104 Å². The van der Waals surface area contributed by atoms with Crippen molar-refractivity contribution in [3.63, 3.8) is 0 Å². The molecule has 2 nitrogen and oxygen atoms in total. The zero-order valence-corrected chi connectivity index (χ0v) is 11.3. The van der Waals surface area contributed by atoms with E-state index in [2.05, 4.69) is 11.6 Å². The van der Waals surface area contributed by atoms with Crippen LogP contribution in [0, 0.1) is 5.41 Å². The molecule has 16 heavy (non-hydrogen) atoms. The average Bonchev–Trinajstić information content (AvgIpc) is 3.12. The predicted octanol–water partition coefficient (Wildman–Crippen LogP) is 2.68. The van der Waals surface area contributed by atoms with Crippen molar-refractivity contribution >= 4 is 11.8 Å². The third kappa shape index (κ3) is 3.94. The highest BCUT2D eigenvalue weighted by molar-refractivity contribution is 7.98. The van der Waals surface area contributed by atoms with Crippen molar-refractivity contribution in [2.45, 2.75) is 44.6 Å². The van der Waals surface area contributed by atoms with Crippen LogP contribution in [0.4, 0.5) is 0 Å². The van der Waals surface area contributed by atoms with Gasteiger partial charge >= 0.3 is 0 Å². The molecule has 1 aliphatic carbocycles. The third-order valence-corrected chi connectivity index (χ3v) is 4.50. The minimum Gasteiger partial charge on any atom is -0.381 e. The van der Waals surface area contributed by atoms with Crippen LogP contribution in [0.2, 0.25) is 0 Å². The van der Waals surface area contributed by atoms with E-state index < -0.39 is 0 Å². The molecule has 1 atom stereocenters. The lowest BCUT2D eigenvalue weighted by molar-refractivity contribution is -0.0124. The van der Waals surface area contributed by atoms with E-state index in [1.54, 1.807) is 0 Å². The molecule has 2 aliphatic rings. The Balaban J connectivity index is 1.77. The highest BCUT2D eigenvalue weighted by Gasteiger charge is 2.34. The molecule has 0 aromatic rings. The summed E-state index contributed by atoms with van der Waals surface area (Å²) >= 11 is 1.96. The largest absolute Gasteiger partial charge is 0.381 e. The standard InChI is InChI=1S/C13H25NOS/c1-16-9-3-7-13(6-2-8-15-11-13)10-14-12-4-5-12/h12,14H,2-11H2,1H3. The summed E-state index contributed by atoms with van der Waals surface area (Å²) in [6.07, 6.45) is 10.3. The van der Waals surface area contributed by atoms with Crippen LogP contribution in [0.1, 0.15) is 38.5 Å². The first-order chi connectivity index (χ1) is 7.85. The van der Waals surface area contributed by atoms with Crippen molar-refractivity contribution in [2.75, 3.05) is 31.8 Å². The summed E-state index contributed by atoms with van der Waals surface area (Å²) in [5, 5.41) is 3.71. The first-order valence-corrected chi connectivity index (χ1v) is 8.04. The number of hydrogen-bond donors (Lipinski definition) is 1. The maximum absolute atomic E-state index is 5.72. The fourth-order valence-corrected chi connectivity index (χ4v) is 3.01. The lowest BCUT2D eigenvalue weighted by atomic mass is 9.78. The second kappa shape index (κ2) is 6.27. The van der Waals surface area contributed by atoms with Gasteiger partial charge < -0.3 is 10.1 Å². The Hall–Kier alpha value is 0.270. The van der Waals surface area contributed by atoms with Crippen molar-refractivity contribution in [1.29, 1.82) is 0 Å². The number of thioether (sulfide) groups is 1. The molecule has 0 aromatic heterocycles. The molecule has 0 radical (unpaired) electrons. The third-order valence-electron chi connectivity index (χ3n) is 3.80. The number of nitrogens with one attached hydrogen (secondary N) is 1. The van der Waals surface area contributed by atoms with Crippen molar-refractivity contribution < 1.29 is 4.74 Å². The molecule has 1 aliphatic heterocycles. The molecule has 2 fully saturated rings. The zero-order chi connectivity index (χ0) is 11.3. The number of hydrogen-bond acceptors (Lipinski definition) is 3. The number of ether oxygens (including phenoxy) is 1. The lowest BCUT2D eigenvalue weighted by Crippen LogP contribution is -2.41. The van der Waals surface area contributed by atoms with Gasteiger partial charge in [0.05, 0.1) is 6.61 Å². The second-order valence-corrected chi connectivity index (χ2v) is 6.39. The van der Waals surface area contributed by atoms with Gasteiger partial charge in [0.1, 0.15) is 0 Å². The first-order valence-electron chi connectivity index (χ1n) is 6.65. The van der Waals surface area contributed by atoms with E-state index in [9.17, 15) is 0 Å². The van der Waals surface area contributed by atoms with E-state index in [0.717, 1.165) is 19.3 Å². The predicted molar refractivity (Wildman–Crippen MR) is 71.1 cm³/mol. The van der Waals surface area contributed by atoms with Gasteiger partial charge in [-0.15, -0.1) is 0 Å². The van der Waals surface area contributed by atoms with E-state index in [1.807, 2.05) is 11.8 Å². The van der Waals surface area contributed by atoms with Gasteiger partial charge in [-0.3, -0.25) is 0 Å². The Morgan fingerprint density at radius 3 is 2.94 bits per heavy atom. The van der Waals surface area contributed by atoms with Gasteiger partial charge in [-0.05, 0) is 50.5 Å². The van der Waals surface area contributed by atoms with Crippen LogP contribution < -0.4 is 5.32 Å². The van der Waals surface area contributed by atoms with Crippen molar-refractivity contribution in [1.82, 2.24) is 5.32 Å². The van der Waals surface area contributed by atoms with Gasteiger partial charge in [0.25, 0.3) is 0 Å². The molecule has 1 saturated heterocycles. The summed E-state index contributed by atoms with van der Waals surface area (Å²) in [6.45, 7) is 3.15. The molecule has 0 spiro atoms. The van der Waals surface area contributed by atoms with Crippen molar-refractivity contribution in [3.05, 3.63) is 0 Å². The monoisotopic (exact) mass is 243 g/mol. The molecule has 1 unspecified atom stereocenters. The van der Waals surface area contributed by atoms with Gasteiger partial charge in [0.2, 0.25) is 0 Å². The Morgan fingerprint density at radius 2 is 2.31 bits per heavy atom. The zero-order valence-electron chi connectivity index (χ0n) is 10.5. The summed E-state index contributed by atoms with van der Waals surface area (Å²) in [4.78, 5) is 0. The summed E-state index contributed by atoms with van der Waals surface area (Å²) in [5.41, 5.74) is 0.455. The molecular weight excluding hydrogens is 218 g/mol. The van der Waals surface area contributed by atoms with E-state index in [1.165, 1.54) is 50.8 Å². The van der Waals surface area contributed by atoms with Gasteiger partial charge in [-0.25, -0.2) is 0 Å². The van der Waals surface area contributed by atoms with Crippen LogP contribution in [-0.2, 0) is 4.74 Å². The molecule has 0 amide bonds. The topological polar surface area (TPSA) is 21.3 Å². The molecule has 3 heteroatoms. The van der Waals surface area contributed by atoms with Gasteiger partial charge in [-0.2, -0.15) is 11.8 Å². The van der Waals surface area contributed by atoms with Crippen molar-refractivity contribution in [3.8, 4) is 0 Å². The minimum atomic E-state index is 0.455. The van der Waals surface area contributed by atoms with Gasteiger partial charge in [0, 0.05) is 24.6 Å². The minimum absolute atomic E-state index is 0.455. The van der Waals surface area contributed by atoms with Crippen LogP contribution in [0.3, 0.4) is 0 Å². The quantitative estimate of drug-likeness (QED) is 0.695. The number of rotatable bonds is 7. The van der Waals surface area contributed by atoms with Crippen LogP contribution in [0.5, 0.6) is 0 Å². The van der Waals surface area contributed by atoms with Crippen LogP contribution in [-0.4, -0.2) is 37.8 Å². The highest BCUT2D eigenvalue weighted by Crippen LogP contribution is 2.34. The fourth-order valence-electron chi connectivity index (χ4n) is 2.57. The van der Waals surface area contributed by atoms with Crippen molar-refractivity contribution in [2.24, 2.45) is 5.41 Å². The Morgan fingerprint density at radius 1 is 1.44 bits per heavy atom. The molecule has 94 valence electrons. The Bertz CT molecular complexity index is 200. The molecule has 1 heterocycles. The van der Waals surface area contributed by atoms with E-state index >= 15 is 0 Å². The molecule has 1 N–H and O–H groups in total. The Kier molecular flexibility index (Phi) is 4.98. The van der Waals surface area contributed by atoms with Gasteiger partial charge in [0.15, 0.2) is 0 Å². The summed E-state index contributed by atoms with van der Waals surface area (Å²) in [7, 11) is 0. The normalized spacial score (nSPS) is 30.6. The summed E-state index contributed by atoms with van der Waals surface area (Å²) in [5.74, 6) is 1.30.